The van der Waals surface area contributed by atoms with E-state index in [9.17, 15) is 0 Å². The van der Waals surface area contributed by atoms with E-state index in [4.69, 9.17) is 0 Å². The third-order valence-electron chi connectivity index (χ3n) is 5.61. The third kappa shape index (κ3) is 2.44. The van der Waals surface area contributed by atoms with Crippen LogP contribution in [0.1, 0.15) is 42.3 Å². The molecule has 1 aromatic carbocycles. The molecule has 1 fully saturated rings. The van der Waals surface area contributed by atoms with E-state index in [2.05, 4.69) is 49.2 Å². The number of nitrogens with one attached hydrogen (secondary N) is 1. The Kier molecular flexibility index (Phi) is 3.40. The van der Waals surface area contributed by atoms with Crippen LogP contribution in [0, 0.1) is 0 Å². The zero-order valence-electron chi connectivity index (χ0n) is 13.9. The number of nitrogens with zero attached hydrogens (tertiary/aromatic N) is 4. The fraction of sp³-hybridized carbons (Fsp3) is 0.474. The Morgan fingerprint density at radius 2 is 2.17 bits per heavy atom. The van der Waals surface area contributed by atoms with E-state index in [1.807, 2.05) is 6.20 Å². The van der Waals surface area contributed by atoms with Gasteiger partial charge in [0.2, 0.25) is 0 Å². The molecule has 1 aliphatic carbocycles. The van der Waals surface area contributed by atoms with Crippen molar-refractivity contribution in [2.24, 2.45) is 0 Å². The summed E-state index contributed by atoms with van der Waals surface area (Å²) in [6.45, 7) is 3.31. The van der Waals surface area contributed by atoms with Crippen LogP contribution in [0.25, 0.3) is 10.9 Å². The second-order valence-corrected chi connectivity index (χ2v) is 7.22. The van der Waals surface area contributed by atoms with Gasteiger partial charge in [-0.15, -0.1) is 0 Å². The number of imidazole rings is 1. The number of fused-ring (bicyclic) bond motifs is 2. The highest BCUT2D eigenvalue weighted by Gasteiger charge is 2.27. The van der Waals surface area contributed by atoms with Crippen LogP contribution < -0.4 is 0 Å². The second kappa shape index (κ2) is 5.74. The normalized spacial score (nSPS) is 21.4. The first-order chi connectivity index (χ1) is 11.9. The van der Waals surface area contributed by atoms with Gasteiger partial charge in [0.1, 0.15) is 0 Å². The fourth-order valence-corrected chi connectivity index (χ4v) is 4.33. The van der Waals surface area contributed by atoms with Gasteiger partial charge in [0.25, 0.3) is 0 Å². The number of aromatic amines is 1. The molecule has 0 amide bonds. The van der Waals surface area contributed by atoms with Crippen LogP contribution in [0.5, 0.6) is 0 Å². The second-order valence-electron chi connectivity index (χ2n) is 7.22. The van der Waals surface area contributed by atoms with E-state index < -0.39 is 0 Å². The van der Waals surface area contributed by atoms with E-state index in [1.165, 1.54) is 61.0 Å². The molecule has 5 nitrogen and oxygen atoms in total. The van der Waals surface area contributed by atoms with Crippen LogP contribution in [0.3, 0.4) is 0 Å². The summed E-state index contributed by atoms with van der Waals surface area (Å²) in [5, 5.41) is 8.36. The molecule has 0 radical (unpaired) electrons. The minimum Gasteiger partial charge on any atom is -0.330 e. The molecule has 0 spiro atoms. The van der Waals surface area contributed by atoms with E-state index in [1.54, 1.807) is 0 Å². The molecule has 124 valence electrons. The van der Waals surface area contributed by atoms with Crippen molar-refractivity contribution in [1.82, 2.24) is 24.6 Å². The lowest BCUT2D eigenvalue weighted by molar-refractivity contribution is 0.315. The van der Waals surface area contributed by atoms with Gasteiger partial charge in [0.05, 0.1) is 23.7 Å². The molecule has 24 heavy (non-hydrogen) atoms. The van der Waals surface area contributed by atoms with Crippen molar-refractivity contribution in [3.8, 4) is 0 Å². The number of rotatable bonds is 3. The highest BCUT2D eigenvalue weighted by molar-refractivity contribution is 5.78. The molecule has 3 aromatic rings. The maximum atomic E-state index is 4.67. The number of likely N-dealkylation sites (tertiary alicyclic amines) is 1. The van der Waals surface area contributed by atoms with E-state index in [0.29, 0.717) is 6.04 Å². The van der Waals surface area contributed by atoms with Crippen LogP contribution >= 0.6 is 0 Å². The monoisotopic (exact) mass is 321 g/mol. The summed E-state index contributed by atoms with van der Waals surface area (Å²) in [6.07, 6.45) is 10.2. The molecule has 5 heteroatoms. The average Bonchev–Trinajstić information content (AvgIpc) is 3.33. The fourth-order valence-electron chi connectivity index (χ4n) is 4.33. The van der Waals surface area contributed by atoms with Crippen LogP contribution in [-0.2, 0) is 19.4 Å². The van der Waals surface area contributed by atoms with Crippen LogP contribution in [-0.4, -0.2) is 37.7 Å². The molecular weight excluding hydrogens is 298 g/mol. The minimum atomic E-state index is 0.593. The first kappa shape index (κ1) is 14.2. The van der Waals surface area contributed by atoms with Crippen molar-refractivity contribution in [3.05, 3.63) is 47.7 Å². The predicted octanol–water partition coefficient (Wildman–Crippen LogP) is 3.09. The molecular formula is C19H23N5. The Morgan fingerprint density at radius 3 is 3.17 bits per heavy atom. The van der Waals surface area contributed by atoms with E-state index in [-0.39, 0.29) is 0 Å². The zero-order chi connectivity index (χ0) is 15.9. The molecule has 1 aliphatic heterocycles. The van der Waals surface area contributed by atoms with Gasteiger partial charge in [-0.1, -0.05) is 12.1 Å². The van der Waals surface area contributed by atoms with Gasteiger partial charge >= 0.3 is 0 Å². The summed E-state index contributed by atoms with van der Waals surface area (Å²) in [5.74, 6) is 0. The molecule has 2 aromatic heterocycles. The van der Waals surface area contributed by atoms with Gasteiger partial charge in [-0.25, -0.2) is 4.98 Å². The molecule has 5 rings (SSSR count). The van der Waals surface area contributed by atoms with Gasteiger partial charge in [-0.05, 0) is 43.7 Å². The highest BCUT2D eigenvalue weighted by Crippen LogP contribution is 2.29. The Balaban J connectivity index is 1.31. The number of hydrogen-bond donors (Lipinski definition) is 1. The Morgan fingerprint density at radius 1 is 1.21 bits per heavy atom. The number of aromatic nitrogens is 4. The Bertz CT molecular complexity index is 862. The summed E-state index contributed by atoms with van der Waals surface area (Å²) >= 11 is 0. The minimum absolute atomic E-state index is 0.593. The lowest BCUT2D eigenvalue weighted by Crippen LogP contribution is -2.22. The molecule has 1 saturated heterocycles. The molecule has 0 bridgehead atoms. The lowest BCUT2D eigenvalue weighted by atomic mass is 10.0. The number of aryl methyl sites for hydroxylation is 1. The summed E-state index contributed by atoms with van der Waals surface area (Å²) in [5.41, 5.74) is 5.35. The molecule has 1 atom stereocenters. The molecule has 1 unspecified atom stereocenters. The molecule has 3 heterocycles. The van der Waals surface area contributed by atoms with Crippen molar-refractivity contribution in [1.29, 1.82) is 0 Å². The zero-order valence-corrected chi connectivity index (χ0v) is 13.9. The van der Waals surface area contributed by atoms with Gasteiger partial charge < -0.3 is 4.57 Å². The Hall–Kier alpha value is -2.14. The van der Waals surface area contributed by atoms with Crippen molar-refractivity contribution in [3.63, 3.8) is 0 Å². The summed E-state index contributed by atoms with van der Waals surface area (Å²) in [4.78, 5) is 7.24. The first-order valence-corrected chi connectivity index (χ1v) is 9.06. The van der Waals surface area contributed by atoms with Crippen molar-refractivity contribution in [2.75, 3.05) is 13.1 Å². The van der Waals surface area contributed by atoms with Crippen LogP contribution in [0.2, 0.25) is 0 Å². The standard InChI is InChI=1S/C19H23N5/c1-2-4-19-17(3-1)20-13-24(19)16-7-8-23(12-16)11-14-5-6-15-10-21-22-18(15)9-14/h5-6,9-10,13,16H,1-4,7-8,11-12H2,(H,21,22). The van der Waals surface area contributed by atoms with Gasteiger partial charge in [-0.3, -0.25) is 10.00 Å². The first-order valence-electron chi connectivity index (χ1n) is 9.06. The van der Waals surface area contributed by atoms with Gasteiger partial charge in [-0.2, -0.15) is 5.10 Å². The number of benzene rings is 1. The lowest BCUT2D eigenvalue weighted by Gasteiger charge is -2.20. The SMILES string of the molecule is c1cc2cn[nH]c2cc1CN1CCC(n2cnc3c2CCCC3)C1. The molecule has 1 N–H and O–H groups in total. The quantitative estimate of drug-likeness (QED) is 0.806. The predicted molar refractivity (Wildman–Crippen MR) is 93.9 cm³/mol. The number of H-pyrrole nitrogens is 1. The highest BCUT2D eigenvalue weighted by atomic mass is 15.2. The smallest absolute Gasteiger partial charge is 0.0954 e. The third-order valence-corrected chi connectivity index (χ3v) is 5.61. The van der Waals surface area contributed by atoms with Crippen molar-refractivity contribution >= 4 is 10.9 Å². The van der Waals surface area contributed by atoms with Gasteiger partial charge in [0, 0.05) is 36.8 Å². The molecule has 2 aliphatic rings. The van der Waals surface area contributed by atoms with E-state index in [0.717, 1.165) is 18.6 Å². The summed E-state index contributed by atoms with van der Waals surface area (Å²) < 4.78 is 2.48. The summed E-state index contributed by atoms with van der Waals surface area (Å²) in [6, 6.07) is 7.21. The largest absolute Gasteiger partial charge is 0.330 e. The van der Waals surface area contributed by atoms with Crippen LogP contribution in [0.15, 0.2) is 30.7 Å². The molecule has 0 saturated carbocycles. The van der Waals surface area contributed by atoms with Crippen molar-refractivity contribution in [2.45, 2.75) is 44.7 Å². The van der Waals surface area contributed by atoms with Crippen LogP contribution in [0.4, 0.5) is 0 Å². The van der Waals surface area contributed by atoms with Crippen molar-refractivity contribution < 1.29 is 0 Å². The van der Waals surface area contributed by atoms with Gasteiger partial charge in [0.15, 0.2) is 0 Å². The maximum Gasteiger partial charge on any atom is 0.0954 e. The van der Waals surface area contributed by atoms with E-state index >= 15 is 0 Å². The number of hydrogen-bond acceptors (Lipinski definition) is 3. The Labute approximate surface area is 141 Å². The maximum absolute atomic E-state index is 4.67. The average molecular weight is 321 g/mol. The summed E-state index contributed by atoms with van der Waals surface area (Å²) in [7, 11) is 0. The topological polar surface area (TPSA) is 49.7 Å².